The molecule has 6 rings (SSSR count). The molecule has 0 spiro atoms. The second-order valence-electron chi connectivity index (χ2n) is 16.6. The molecule has 0 aromatic heterocycles. The quantitative estimate of drug-likeness (QED) is 0.0548. The molecule has 0 saturated heterocycles. The number of likely N-dealkylation sites (N-methyl/N-ethyl adjacent to an activating group) is 1. The molecular weight excluding hydrogens is 774 g/mol. The van der Waals surface area contributed by atoms with E-state index in [4.69, 9.17) is 28.9 Å². The average Bonchev–Trinajstić information content (AvgIpc) is 3.22. The lowest BCUT2D eigenvalue weighted by molar-refractivity contribution is -0.384. The third kappa shape index (κ3) is 9.83. The maximum Gasteiger partial charge on any atom is 0.415 e. The van der Waals surface area contributed by atoms with Crippen LogP contribution < -0.4 is 14.2 Å². The van der Waals surface area contributed by atoms with E-state index in [9.17, 15) is 29.5 Å². The van der Waals surface area contributed by atoms with Crippen molar-refractivity contribution in [2.45, 2.75) is 95.7 Å². The number of fused-ring (bicyclic) bond motifs is 2. The van der Waals surface area contributed by atoms with Crippen LogP contribution in [-0.2, 0) is 16.2 Å². The van der Waals surface area contributed by atoms with Crippen LogP contribution in [0.1, 0.15) is 82.8 Å². The summed E-state index contributed by atoms with van der Waals surface area (Å²) in [6, 6.07) is 16.4. The number of allylic oxidation sites excluding steroid dienone is 1. The fraction of sp³-hybridized carbons (Fsp3) is 0.478. The molecule has 1 aliphatic heterocycles. The van der Waals surface area contributed by atoms with Gasteiger partial charge in [0.1, 0.15) is 41.3 Å². The minimum Gasteiger partial charge on any atom is -0.489 e. The van der Waals surface area contributed by atoms with E-state index in [2.05, 4.69) is 12.7 Å². The van der Waals surface area contributed by atoms with Crippen LogP contribution in [0.15, 0.2) is 96.2 Å². The number of ether oxygens (including phenoxy) is 4. The van der Waals surface area contributed by atoms with Crippen LogP contribution >= 0.6 is 0 Å². The van der Waals surface area contributed by atoms with Crippen molar-refractivity contribution in [3.63, 3.8) is 0 Å². The number of carbonyl (C=O) groups is 1. The molecule has 60 heavy (non-hydrogen) atoms. The number of aliphatic hydroxyl groups excluding tert-OH is 2. The highest BCUT2D eigenvalue weighted by Crippen LogP contribution is 2.62. The number of carbonyl (C=O) groups excluding carboxylic acids is 1. The van der Waals surface area contributed by atoms with Crippen LogP contribution in [0.4, 0.5) is 14.9 Å². The van der Waals surface area contributed by atoms with Crippen LogP contribution in [0, 0.1) is 33.7 Å². The number of nitrogens with zero attached hydrogens (tertiary/aromatic N) is 3. The Hall–Kier alpha value is -5.31. The summed E-state index contributed by atoms with van der Waals surface area (Å²) in [5.74, 6) is -1.64. The number of aliphatic hydroxyl groups is 2. The van der Waals surface area contributed by atoms with Gasteiger partial charge in [-0.25, -0.2) is 9.18 Å². The molecule has 3 aliphatic rings. The fourth-order valence-corrected chi connectivity index (χ4v) is 8.72. The number of hydrogen-bond donors (Lipinski definition) is 2. The summed E-state index contributed by atoms with van der Waals surface area (Å²) in [5, 5.41) is 35.8. The van der Waals surface area contributed by atoms with E-state index in [1.165, 1.54) is 35.2 Å². The standard InChI is InChI=1S/C46H56FN3O10/c1-6-25-57-46-41(49(5)44(53)58-33-19-17-32(18-20-33)50(54)55)28-39(48-60-45(2,3)4)36-26-30(13-9-11-23-51)35(15-10-12-24-52)42(43(36)46)37-27-34(21-22-40(37)59-46)56-29-31-14-7-8-16-38(31)47/h6-8,14,16-22,26-27,30,35,41-43,51-52H,1,9-13,15,23-25,28-29H2,2-5H3/t30-,35+,41-,42+,43+,46+/m0/s1. The van der Waals surface area contributed by atoms with Gasteiger partial charge in [-0.2, -0.15) is 0 Å². The Morgan fingerprint density at radius 1 is 1.05 bits per heavy atom. The van der Waals surface area contributed by atoms with Crippen molar-refractivity contribution in [1.82, 2.24) is 4.90 Å². The van der Waals surface area contributed by atoms with Crippen molar-refractivity contribution in [2.24, 2.45) is 22.9 Å². The highest BCUT2D eigenvalue weighted by molar-refractivity contribution is 6.03. The number of unbranched alkanes of at least 4 members (excludes halogenated alkanes) is 2. The van der Waals surface area contributed by atoms with Crippen LogP contribution in [0.5, 0.6) is 17.2 Å². The van der Waals surface area contributed by atoms with Gasteiger partial charge < -0.3 is 38.9 Å². The van der Waals surface area contributed by atoms with Gasteiger partial charge in [0.25, 0.3) is 5.69 Å². The zero-order valence-electron chi connectivity index (χ0n) is 34.8. The number of nitro groups is 1. The van der Waals surface area contributed by atoms with Crippen molar-refractivity contribution < 1.29 is 48.1 Å². The van der Waals surface area contributed by atoms with Gasteiger partial charge in [0.2, 0.25) is 5.79 Å². The maximum absolute atomic E-state index is 14.7. The molecule has 14 heteroatoms. The Morgan fingerprint density at radius 2 is 1.75 bits per heavy atom. The molecule has 3 aromatic carbocycles. The van der Waals surface area contributed by atoms with Crippen LogP contribution in [0.25, 0.3) is 0 Å². The molecular formula is C46H56FN3O10. The fourth-order valence-electron chi connectivity index (χ4n) is 8.72. The Labute approximate surface area is 350 Å². The van der Waals surface area contributed by atoms with Crippen molar-refractivity contribution in [2.75, 3.05) is 26.9 Å². The second kappa shape index (κ2) is 19.4. The number of halogens is 1. The molecule has 0 radical (unpaired) electrons. The molecule has 2 N–H and O–H groups in total. The van der Waals surface area contributed by atoms with Gasteiger partial charge >= 0.3 is 6.09 Å². The van der Waals surface area contributed by atoms with Gasteiger partial charge in [-0.05, 0) is 100 Å². The number of nitro benzene ring substituents is 1. The first kappa shape index (κ1) is 44.2. The van der Waals surface area contributed by atoms with Crippen molar-refractivity contribution in [3.8, 4) is 17.2 Å². The molecule has 1 fully saturated rings. The van der Waals surface area contributed by atoms with E-state index in [0.717, 1.165) is 36.8 Å². The third-order valence-corrected chi connectivity index (χ3v) is 11.4. The van der Waals surface area contributed by atoms with Crippen LogP contribution in [0.3, 0.4) is 0 Å². The number of hydrogen-bond acceptors (Lipinski definition) is 11. The number of rotatable bonds is 18. The molecule has 1 saturated carbocycles. The molecule has 1 heterocycles. The highest BCUT2D eigenvalue weighted by Gasteiger charge is 2.65. The topological polar surface area (TPSA) is 162 Å². The number of non-ortho nitro benzene ring substituents is 1. The minimum atomic E-state index is -1.53. The number of amides is 1. The zero-order chi connectivity index (χ0) is 43.0. The van der Waals surface area contributed by atoms with E-state index in [1.807, 2.05) is 32.9 Å². The summed E-state index contributed by atoms with van der Waals surface area (Å²) in [6.07, 6.45) is 7.53. The predicted molar refractivity (Wildman–Crippen MR) is 223 cm³/mol. The molecule has 13 nitrogen and oxygen atoms in total. The van der Waals surface area contributed by atoms with E-state index in [0.29, 0.717) is 35.6 Å². The average molecular weight is 830 g/mol. The summed E-state index contributed by atoms with van der Waals surface area (Å²) >= 11 is 0. The Kier molecular flexibility index (Phi) is 14.3. The van der Waals surface area contributed by atoms with Crippen LogP contribution in [0.2, 0.25) is 0 Å². The van der Waals surface area contributed by atoms with E-state index >= 15 is 0 Å². The van der Waals surface area contributed by atoms with Crippen LogP contribution in [-0.4, -0.2) is 76.1 Å². The predicted octanol–water partition coefficient (Wildman–Crippen LogP) is 8.88. The van der Waals surface area contributed by atoms with E-state index in [1.54, 1.807) is 37.4 Å². The summed E-state index contributed by atoms with van der Waals surface area (Å²) in [4.78, 5) is 32.5. The van der Waals surface area contributed by atoms with Gasteiger partial charge in [-0.3, -0.25) is 10.1 Å². The highest BCUT2D eigenvalue weighted by atomic mass is 19.1. The summed E-state index contributed by atoms with van der Waals surface area (Å²) in [7, 11) is 1.60. The minimum absolute atomic E-state index is 0.00630. The summed E-state index contributed by atoms with van der Waals surface area (Å²) < 4.78 is 40.8. The van der Waals surface area contributed by atoms with Crippen molar-refractivity contribution in [1.29, 1.82) is 0 Å². The first-order chi connectivity index (χ1) is 28.8. The van der Waals surface area contributed by atoms with Gasteiger partial charge in [-0.1, -0.05) is 48.3 Å². The largest absolute Gasteiger partial charge is 0.489 e. The normalized spacial score (nSPS) is 23.7. The molecule has 0 bridgehead atoms. The van der Waals surface area contributed by atoms with Crippen molar-refractivity contribution >= 4 is 17.5 Å². The SMILES string of the molecule is C=CCO[C@@]12Oc3ccc(OCc4ccccc4F)cc3[C@H]3[C@H](CCCCO)[C@@H](CCCCO)C=C(C(=NOC(C)(C)C)C[C@@H]1N(C)C(=O)Oc1ccc([N+](=O)[O-])cc1)[C@H]32. The Morgan fingerprint density at radius 3 is 2.42 bits per heavy atom. The maximum atomic E-state index is 14.7. The monoisotopic (exact) mass is 829 g/mol. The smallest absolute Gasteiger partial charge is 0.415 e. The third-order valence-electron chi connectivity index (χ3n) is 11.4. The lowest BCUT2D eigenvalue weighted by Gasteiger charge is -2.59. The van der Waals surface area contributed by atoms with Gasteiger partial charge in [-0.15, -0.1) is 6.58 Å². The van der Waals surface area contributed by atoms with E-state index in [-0.39, 0.29) is 67.9 Å². The van der Waals surface area contributed by atoms with Gasteiger partial charge in [0.15, 0.2) is 0 Å². The first-order valence-electron chi connectivity index (χ1n) is 20.6. The molecule has 3 aromatic rings. The lowest BCUT2D eigenvalue weighted by atomic mass is 9.55. The molecule has 0 unspecified atom stereocenters. The Balaban J connectivity index is 1.52. The zero-order valence-corrected chi connectivity index (χ0v) is 34.8. The molecule has 322 valence electrons. The molecule has 1 amide bonds. The summed E-state index contributed by atoms with van der Waals surface area (Å²) in [6.45, 7) is 9.84. The van der Waals surface area contributed by atoms with Crippen molar-refractivity contribution in [3.05, 3.63) is 118 Å². The van der Waals surface area contributed by atoms with Gasteiger partial charge in [0.05, 0.1) is 23.2 Å². The number of oxime groups is 1. The second-order valence-corrected chi connectivity index (χ2v) is 16.6. The Bertz CT molecular complexity index is 2050. The molecule has 2 aliphatic carbocycles. The number of benzene rings is 3. The first-order valence-corrected chi connectivity index (χ1v) is 20.6. The molecule has 6 atom stereocenters. The van der Waals surface area contributed by atoms with E-state index < -0.39 is 34.4 Å². The lowest BCUT2D eigenvalue weighted by Crippen LogP contribution is -2.69. The summed E-state index contributed by atoms with van der Waals surface area (Å²) in [5.41, 5.74) is 1.93. The van der Waals surface area contributed by atoms with Gasteiger partial charge in [0, 0.05) is 55.9 Å².